The van der Waals surface area contributed by atoms with Gasteiger partial charge in [-0.1, -0.05) is 0 Å². The minimum Gasteiger partial charge on any atom is -0.340 e. The van der Waals surface area contributed by atoms with Crippen molar-refractivity contribution in [3.05, 3.63) is 35.3 Å². The highest BCUT2D eigenvalue weighted by molar-refractivity contribution is 7.08. The smallest absolute Gasteiger partial charge is 0.235 e. The number of anilines is 2. The number of aromatic nitrogens is 2. The molecule has 0 aromatic carbocycles. The first-order chi connectivity index (χ1) is 10.8. The second-order valence-corrected chi connectivity index (χ2v) is 6.82. The standard InChI is InChI=1S/C16H18N4OS/c21-14-16(5-9-20(14)13-3-10-22-11-13)4-1-8-19(12-16)15-17-6-2-7-18-15/h2-3,6-7,10-11H,1,4-5,8-9,12H2. The molecular formula is C16H18N4OS. The molecule has 1 unspecified atom stereocenters. The van der Waals surface area contributed by atoms with E-state index < -0.39 is 0 Å². The number of carbonyl (C=O) groups is 1. The number of piperidine rings is 1. The fraction of sp³-hybridized carbons (Fsp3) is 0.438. The summed E-state index contributed by atoms with van der Waals surface area (Å²) in [5, 5.41) is 4.08. The van der Waals surface area contributed by atoms with Crippen LogP contribution < -0.4 is 9.80 Å². The maximum Gasteiger partial charge on any atom is 0.235 e. The van der Waals surface area contributed by atoms with Gasteiger partial charge >= 0.3 is 0 Å². The second-order valence-electron chi connectivity index (χ2n) is 6.04. The van der Waals surface area contributed by atoms with Crippen molar-refractivity contribution >= 4 is 28.9 Å². The SMILES string of the molecule is O=C1N(c2ccsc2)CCC12CCCN(c1ncccn1)C2. The summed E-state index contributed by atoms with van der Waals surface area (Å²) in [4.78, 5) is 25.8. The van der Waals surface area contributed by atoms with Gasteiger partial charge < -0.3 is 9.80 Å². The van der Waals surface area contributed by atoms with Gasteiger partial charge in [0.05, 0.1) is 11.1 Å². The van der Waals surface area contributed by atoms with E-state index in [-0.39, 0.29) is 11.3 Å². The third kappa shape index (κ3) is 2.18. The molecule has 4 heterocycles. The summed E-state index contributed by atoms with van der Waals surface area (Å²) in [5.41, 5.74) is 0.777. The zero-order valence-corrected chi connectivity index (χ0v) is 13.1. The first-order valence-electron chi connectivity index (χ1n) is 7.65. The fourth-order valence-corrected chi connectivity index (χ4v) is 4.26. The molecule has 4 rings (SSSR count). The molecule has 2 saturated heterocycles. The van der Waals surface area contributed by atoms with Gasteiger partial charge in [-0.2, -0.15) is 11.3 Å². The Hall–Kier alpha value is -1.95. The third-order valence-corrected chi connectivity index (χ3v) is 5.41. The van der Waals surface area contributed by atoms with Crippen LogP contribution in [0.4, 0.5) is 11.6 Å². The predicted octanol–water partition coefficient (Wildman–Crippen LogP) is 2.56. The molecule has 22 heavy (non-hydrogen) atoms. The molecule has 2 fully saturated rings. The molecule has 2 aromatic heterocycles. The lowest BCUT2D eigenvalue weighted by Gasteiger charge is -2.38. The number of nitrogens with zero attached hydrogens (tertiary/aromatic N) is 4. The largest absolute Gasteiger partial charge is 0.340 e. The minimum absolute atomic E-state index is 0.264. The average Bonchev–Trinajstić information content (AvgIpc) is 3.19. The van der Waals surface area contributed by atoms with E-state index in [2.05, 4.69) is 20.2 Å². The summed E-state index contributed by atoms with van der Waals surface area (Å²) in [6, 6.07) is 3.85. The number of carbonyl (C=O) groups excluding carboxylic acids is 1. The van der Waals surface area contributed by atoms with Gasteiger partial charge in [0, 0.05) is 37.4 Å². The van der Waals surface area contributed by atoms with E-state index in [0.717, 1.165) is 50.5 Å². The molecule has 5 nitrogen and oxygen atoms in total. The van der Waals surface area contributed by atoms with Crippen LogP contribution >= 0.6 is 11.3 Å². The lowest BCUT2D eigenvalue weighted by molar-refractivity contribution is -0.126. The molecule has 0 aliphatic carbocycles. The fourth-order valence-electron chi connectivity index (χ4n) is 3.61. The predicted molar refractivity (Wildman–Crippen MR) is 87.2 cm³/mol. The monoisotopic (exact) mass is 314 g/mol. The van der Waals surface area contributed by atoms with Gasteiger partial charge in [-0.15, -0.1) is 0 Å². The van der Waals surface area contributed by atoms with E-state index in [1.165, 1.54) is 0 Å². The maximum absolute atomic E-state index is 13.0. The van der Waals surface area contributed by atoms with E-state index in [0.29, 0.717) is 0 Å². The normalized spacial score (nSPS) is 25.2. The Kier molecular flexibility index (Phi) is 3.33. The van der Waals surface area contributed by atoms with Gasteiger partial charge in [-0.25, -0.2) is 9.97 Å². The number of amides is 1. The van der Waals surface area contributed by atoms with Crippen molar-refractivity contribution in [3.8, 4) is 0 Å². The minimum atomic E-state index is -0.264. The van der Waals surface area contributed by atoms with Gasteiger partial charge in [0.15, 0.2) is 0 Å². The Balaban J connectivity index is 1.58. The van der Waals surface area contributed by atoms with Crippen molar-refractivity contribution in [1.82, 2.24) is 9.97 Å². The lowest BCUT2D eigenvalue weighted by atomic mass is 9.78. The molecule has 2 aromatic rings. The molecule has 1 atom stereocenters. The van der Waals surface area contributed by atoms with Crippen molar-refractivity contribution in [2.75, 3.05) is 29.4 Å². The highest BCUT2D eigenvalue weighted by Crippen LogP contribution is 2.42. The molecule has 114 valence electrons. The van der Waals surface area contributed by atoms with Crippen LogP contribution in [0.2, 0.25) is 0 Å². The zero-order valence-electron chi connectivity index (χ0n) is 12.3. The summed E-state index contributed by atoms with van der Waals surface area (Å²) in [7, 11) is 0. The van der Waals surface area contributed by atoms with Gasteiger partial charge in [-0.3, -0.25) is 4.79 Å². The van der Waals surface area contributed by atoms with Crippen LogP contribution in [-0.4, -0.2) is 35.5 Å². The maximum atomic E-state index is 13.0. The van der Waals surface area contributed by atoms with Crippen LogP contribution in [0.1, 0.15) is 19.3 Å². The number of hydrogen-bond donors (Lipinski definition) is 0. The zero-order chi connectivity index (χ0) is 15.0. The highest BCUT2D eigenvalue weighted by Gasteiger charge is 2.49. The Morgan fingerprint density at radius 3 is 2.82 bits per heavy atom. The topological polar surface area (TPSA) is 49.3 Å². The Morgan fingerprint density at radius 1 is 1.18 bits per heavy atom. The third-order valence-electron chi connectivity index (χ3n) is 4.74. The molecule has 2 aliphatic heterocycles. The molecule has 1 spiro atoms. The van der Waals surface area contributed by atoms with Crippen molar-refractivity contribution in [2.24, 2.45) is 5.41 Å². The van der Waals surface area contributed by atoms with Crippen LogP contribution in [0.25, 0.3) is 0 Å². The van der Waals surface area contributed by atoms with Crippen molar-refractivity contribution in [1.29, 1.82) is 0 Å². The first-order valence-corrected chi connectivity index (χ1v) is 8.59. The van der Waals surface area contributed by atoms with Crippen molar-refractivity contribution in [3.63, 3.8) is 0 Å². The molecule has 0 radical (unpaired) electrons. The van der Waals surface area contributed by atoms with E-state index in [4.69, 9.17) is 0 Å². The van der Waals surface area contributed by atoms with Crippen LogP contribution in [-0.2, 0) is 4.79 Å². The van der Waals surface area contributed by atoms with Gasteiger partial charge in [0.25, 0.3) is 0 Å². The Labute approximate surface area is 133 Å². The quantitative estimate of drug-likeness (QED) is 0.855. The van der Waals surface area contributed by atoms with E-state index in [9.17, 15) is 4.79 Å². The Morgan fingerprint density at radius 2 is 2.05 bits per heavy atom. The van der Waals surface area contributed by atoms with E-state index in [1.54, 1.807) is 23.7 Å². The number of thiophene rings is 1. The van der Waals surface area contributed by atoms with Gasteiger partial charge in [-0.05, 0) is 36.8 Å². The van der Waals surface area contributed by atoms with Crippen LogP contribution in [0.15, 0.2) is 35.3 Å². The molecular weight excluding hydrogens is 296 g/mol. The number of hydrogen-bond acceptors (Lipinski definition) is 5. The lowest BCUT2D eigenvalue weighted by Crippen LogP contribution is -2.48. The van der Waals surface area contributed by atoms with E-state index >= 15 is 0 Å². The first kappa shape index (κ1) is 13.7. The summed E-state index contributed by atoms with van der Waals surface area (Å²) in [6.45, 7) is 2.48. The van der Waals surface area contributed by atoms with Crippen LogP contribution in [0, 0.1) is 5.41 Å². The Bertz CT molecular complexity index is 660. The average molecular weight is 314 g/mol. The van der Waals surface area contributed by atoms with Crippen LogP contribution in [0.5, 0.6) is 0 Å². The highest BCUT2D eigenvalue weighted by atomic mass is 32.1. The van der Waals surface area contributed by atoms with Crippen molar-refractivity contribution in [2.45, 2.75) is 19.3 Å². The molecule has 2 aliphatic rings. The summed E-state index contributed by atoms with van der Waals surface area (Å²) >= 11 is 1.64. The molecule has 0 N–H and O–H groups in total. The van der Waals surface area contributed by atoms with Crippen LogP contribution in [0.3, 0.4) is 0 Å². The molecule has 0 bridgehead atoms. The molecule has 6 heteroatoms. The van der Waals surface area contributed by atoms with E-state index in [1.807, 2.05) is 22.4 Å². The summed E-state index contributed by atoms with van der Waals surface area (Å²) in [6.07, 6.45) is 6.43. The summed E-state index contributed by atoms with van der Waals surface area (Å²) < 4.78 is 0. The number of rotatable bonds is 2. The van der Waals surface area contributed by atoms with Crippen molar-refractivity contribution < 1.29 is 4.79 Å². The molecule has 0 saturated carbocycles. The summed E-state index contributed by atoms with van der Waals surface area (Å²) in [5.74, 6) is 1.01. The van der Waals surface area contributed by atoms with Gasteiger partial charge in [0.2, 0.25) is 11.9 Å². The van der Waals surface area contributed by atoms with Gasteiger partial charge in [0.1, 0.15) is 0 Å². The molecule has 1 amide bonds. The second kappa shape index (κ2) is 5.35.